The summed E-state index contributed by atoms with van der Waals surface area (Å²) in [6, 6.07) is 3.10. The van der Waals surface area contributed by atoms with Gasteiger partial charge in [0.25, 0.3) is 0 Å². The maximum atomic E-state index is 12.3. The van der Waals surface area contributed by atoms with E-state index in [1.807, 2.05) is 13.8 Å². The van der Waals surface area contributed by atoms with Gasteiger partial charge in [0.05, 0.1) is 0 Å². The van der Waals surface area contributed by atoms with Gasteiger partial charge in [0, 0.05) is 44.5 Å². The Kier molecular flexibility index (Phi) is 9.32. The number of pyridine rings is 1. The minimum Gasteiger partial charge on any atom is -0.342 e. The van der Waals surface area contributed by atoms with Crippen LogP contribution in [0.3, 0.4) is 0 Å². The van der Waals surface area contributed by atoms with E-state index in [-0.39, 0.29) is 60.0 Å². The summed E-state index contributed by atoms with van der Waals surface area (Å²) in [5.74, 6) is -0.0566. The standard InChI is InChI=1S/C15H24N4O3S.2ClH/c1-15(2)11-19(9-6-13(15)16)14(20)5-8-18-23(21,22)12-4-3-7-17-10-12;;/h3-4,7,10,13,18H,5-6,8-9,11,16H2,1-2H3;2*1H. The summed E-state index contributed by atoms with van der Waals surface area (Å²) < 4.78 is 26.5. The fraction of sp³-hybridized carbons (Fsp3) is 0.600. The monoisotopic (exact) mass is 412 g/mol. The van der Waals surface area contributed by atoms with Gasteiger partial charge in [-0.1, -0.05) is 13.8 Å². The lowest BCUT2D eigenvalue weighted by Crippen LogP contribution is -2.54. The van der Waals surface area contributed by atoms with Crippen molar-refractivity contribution in [1.82, 2.24) is 14.6 Å². The van der Waals surface area contributed by atoms with E-state index < -0.39 is 10.0 Å². The molecule has 0 radical (unpaired) electrons. The molecule has 0 saturated carbocycles. The highest BCUT2D eigenvalue weighted by Gasteiger charge is 2.35. The lowest BCUT2D eigenvalue weighted by Gasteiger charge is -2.42. The molecule has 1 saturated heterocycles. The number of nitrogens with zero attached hydrogens (tertiary/aromatic N) is 2. The second-order valence-corrected chi connectivity index (χ2v) is 8.30. The van der Waals surface area contributed by atoms with Crippen molar-refractivity contribution in [2.75, 3.05) is 19.6 Å². The highest BCUT2D eigenvalue weighted by molar-refractivity contribution is 7.89. The summed E-state index contributed by atoms with van der Waals surface area (Å²) in [6.07, 6.45) is 3.68. The van der Waals surface area contributed by atoms with Crippen LogP contribution in [0.1, 0.15) is 26.7 Å². The summed E-state index contributed by atoms with van der Waals surface area (Å²) >= 11 is 0. The minimum absolute atomic E-state index is 0. The number of carbonyl (C=O) groups excluding carboxylic acids is 1. The molecule has 2 rings (SSSR count). The third-order valence-corrected chi connectivity index (χ3v) is 5.69. The number of hydrogen-bond donors (Lipinski definition) is 2. The van der Waals surface area contributed by atoms with Crippen LogP contribution < -0.4 is 10.5 Å². The molecular formula is C15H26Cl2N4O3S. The van der Waals surface area contributed by atoms with Crippen LogP contribution >= 0.6 is 24.8 Å². The van der Waals surface area contributed by atoms with Crippen molar-refractivity contribution in [2.45, 2.75) is 37.6 Å². The van der Waals surface area contributed by atoms with Gasteiger partial charge in [-0.05, 0) is 24.0 Å². The molecule has 10 heteroatoms. The average Bonchev–Trinajstić information content (AvgIpc) is 2.50. The predicted molar refractivity (Wildman–Crippen MR) is 101 cm³/mol. The molecule has 1 aliphatic heterocycles. The molecule has 1 fully saturated rings. The van der Waals surface area contributed by atoms with Crippen molar-refractivity contribution < 1.29 is 13.2 Å². The van der Waals surface area contributed by atoms with Crippen LogP contribution in [0.4, 0.5) is 0 Å². The lowest BCUT2D eigenvalue weighted by molar-refractivity contribution is -0.134. The first kappa shape index (κ1) is 24.1. The van der Waals surface area contributed by atoms with Gasteiger partial charge in [0.1, 0.15) is 4.90 Å². The third kappa shape index (κ3) is 6.38. The van der Waals surface area contributed by atoms with E-state index in [9.17, 15) is 13.2 Å². The van der Waals surface area contributed by atoms with Crippen molar-refractivity contribution in [1.29, 1.82) is 0 Å². The van der Waals surface area contributed by atoms with Gasteiger partial charge in [0.2, 0.25) is 15.9 Å². The van der Waals surface area contributed by atoms with Crippen molar-refractivity contribution in [2.24, 2.45) is 11.1 Å². The van der Waals surface area contributed by atoms with Crippen LogP contribution in [0.5, 0.6) is 0 Å². The van der Waals surface area contributed by atoms with Crippen LogP contribution in [-0.2, 0) is 14.8 Å². The molecule has 0 bridgehead atoms. The van der Waals surface area contributed by atoms with Crippen LogP contribution in [0.2, 0.25) is 0 Å². The molecule has 0 aromatic carbocycles. The van der Waals surface area contributed by atoms with Gasteiger partial charge in [-0.2, -0.15) is 0 Å². The Morgan fingerprint density at radius 3 is 2.68 bits per heavy atom. The van der Waals surface area contributed by atoms with Crippen LogP contribution in [0.25, 0.3) is 0 Å². The second-order valence-electron chi connectivity index (χ2n) is 6.54. The Morgan fingerprint density at radius 2 is 2.12 bits per heavy atom. The summed E-state index contributed by atoms with van der Waals surface area (Å²) in [5.41, 5.74) is 5.94. The smallest absolute Gasteiger partial charge is 0.242 e. The summed E-state index contributed by atoms with van der Waals surface area (Å²) in [4.78, 5) is 17.9. The molecule has 1 aromatic heterocycles. The van der Waals surface area contributed by atoms with Crippen molar-refractivity contribution in [3.63, 3.8) is 0 Å². The highest BCUT2D eigenvalue weighted by atomic mass is 35.5. The SMILES string of the molecule is CC1(C)CN(C(=O)CCNS(=O)(=O)c2cccnc2)CCC1N.Cl.Cl. The summed E-state index contributed by atoms with van der Waals surface area (Å²) in [7, 11) is -3.62. The van der Waals surface area contributed by atoms with E-state index in [4.69, 9.17) is 5.73 Å². The largest absolute Gasteiger partial charge is 0.342 e. The quantitative estimate of drug-likeness (QED) is 0.754. The fourth-order valence-corrected chi connectivity index (χ4v) is 3.62. The summed E-state index contributed by atoms with van der Waals surface area (Å²) in [6.45, 7) is 5.38. The van der Waals surface area contributed by atoms with E-state index in [1.54, 1.807) is 11.0 Å². The maximum Gasteiger partial charge on any atom is 0.242 e. The second kappa shape index (κ2) is 9.68. The van der Waals surface area contributed by atoms with Crippen LogP contribution in [0, 0.1) is 5.41 Å². The number of halogens is 2. The first-order valence-corrected chi connectivity index (χ1v) is 9.14. The zero-order valence-corrected chi connectivity index (χ0v) is 16.8. The fourth-order valence-electron chi connectivity index (χ4n) is 2.63. The number of carbonyl (C=O) groups is 1. The molecule has 3 N–H and O–H groups in total. The molecule has 1 aromatic rings. The molecule has 25 heavy (non-hydrogen) atoms. The number of hydrogen-bond acceptors (Lipinski definition) is 5. The molecule has 144 valence electrons. The number of amides is 1. The maximum absolute atomic E-state index is 12.3. The topological polar surface area (TPSA) is 105 Å². The number of sulfonamides is 1. The zero-order chi connectivity index (χ0) is 17.1. The summed E-state index contributed by atoms with van der Waals surface area (Å²) in [5, 5.41) is 0. The van der Waals surface area contributed by atoms with Crippen molar-refractivity contribution in [3.8, 4) is 0 Å². The van der Waals surface area contributed by atoms with Gasteiger partial charge in [-0.15, -0.1) is 24.8 Å². The average molecular weight is 413 g/mol. The van der Waals surface area contributed by atoms with E-state index in [1.165, 1.54) is 18.5 Å². The molecule has 0 spiro atoms. The first-order chi connectivity index (χ1) is 10.7. The van der Waals surface area contributed by atoms with Crippen LogP contribution in [0.15, 0.2) is 29.4 Å². The first-order valence-electron chi connectivity index (χ1n) is 7.65. The Morgan fingerprint density at radius 1 is 1.44 bits per heavy atom. The normalized spacial score (nSPS) is 19.5. The number of aromatic nitrogens is 1. The number of likely N-dealkylation sites (tertiary alicyclic amines) is 1. The van der Waals surface area contributed by atoms with E-state index in [0.717, 1.165) is 6.42 Å². The Labute approximate surface area is 161 Å². The van der Waals surface area contributed by atoms with Gasteiger partial charge in [-0.25, -0.2) is 13.1 Å². The Hall–Kier alpha value is -0.930. The molecule has 1 aliphatic rings. The Bertz CT molecular complexity index is 656. The third-order valence-electron chi connectivity index (χ3n) is 4.24. The van der Waals surface area contributed by atoms with Crippen LogP contribution in [-0.4, -0.2) is 49.9 Å². The lowest BCUT2D eigenvalue weighted by atomic mass is 9.79. The Balaban J connectivity index is 0.00000288. The number of nitrogens with two attached hydrogens (primary N) is 1. The van der Waals surface area contributed by atoms with Gasteiger partial charge >= 0.3 is 0 Å². The van der Waals surface area contributed by atoms with E-state index in [0.29, 0.717) is 13.1 Å². The van der Waals surface area contributed by atoms with Gasteiger partial charge < -0.3 is 10.6 Å². The van der Waals surface area contributed by atoms with Crippen molar-refractivity contribution in [3.05, 3.63) is 24.5 Å². The van der Waals surface area contributed by atoms with Crippen molar-refractivity contribution >= 4 is 40.7 Å². The number of nitrogens with one attached hydrogen (secondary N) is 1. The predicted octanol–water partition coefficient (Wildman–Crippen LogP) is 1.18. The number of rotatable bonds is 5. The van der Waals surface area contributed by atoms with Gasteiger partial charge in [0.15, 0.2) is 0 Å². The number of piperidine rings is 1. The minimum atomic E-state index is -3.62. The zero-order valence-electron chi connectivity index (χ0n) is 14.3. The molecular weight excluding hydrogens is 387 g/mol. The highest BCUT2D eigenvalue weighted by Crippen LogP contribution is 2.27. The van der Waals surface area contributed by atoms with E-state index >= 15 is 0 Å². The molecule has 1 unspecified atom stereocenters. The molecule has 7 nitrogen and oxygen atoms in total. The molecule has 1 atom stereocenters. The van der Waals surface area contributed by atoms with Gasteiger partial charge in [-0.3, -0.25) is 9.78 Å². The van der Waals surface area contributed by atoms with E-state index in [2.05, 4.69) is 9.71 Å². The molecule has 2 heterocycles. The molecule has 0 aliphatic carbocycles. The molecule has 1 amide bonds.